The van der Waals surface area contributed by atoms with E-state index in [9.17, 15) is 22.4 Å². The van der Waals surface area contributed by atoms with E-state index in [2.05, 4.69) is 5.32 Å². The van der Waals surface area contributed by atoms with Gasteiger partial charge in [-0.1, -0.05) is 37.6 Å². The topological polar surface area (TPSA) is 83.6 Å². The van der Waals surface area contributed by atoms with Gasteiger partial charge >= 0.3 is 0 Å². The van der Waals surface area contributed by atoms with Gasteiger partial charge in [0, 0.05) is 17.7 Å². The zero-order valence-corrected chi connectivity index (χ0v) is 17.6. The predicted molar refractivity (Wildman–Crippen MR) is 112 cm³/mol. The minimum atomic E-state index is -4.07. The maximum absolute atomic E-state index is 13.2. The van der Waals surface area contributed by atoms with Crippen LogP contribution in [0.2, 0.25) is 0 Å². The van der Waals surface area contributed by atoms with Crippen LogP contribution in [0.5, 0.6) is 0 Å². The Morgan fingerprint density at radius 3 is 2.30 bits per heavy atom. The Kier molecular flexibility index (Phi) is 6.36. The molecule has 0 atom stereocenters. The molecule has 0 unspecified atom stereocenters. The number of halogens is 1. The van der Waals surface area contributed by atoms with Gasteiger partial charge in [0.15, 0.2) is 0 Å². The molecule has 2 amide bonds. The number of nitrogens with one attached hydrogen (secondary N) is 1. The van der Waals surface area contributed by atoms with Crippen molar-refractivity contribution in [3.8, 4) is 0 Å². The fourth-order valence-electron chi connectivity index (χ4n) is 3.23. The number of nitrogens with zero attached hydrogens (tertiary/aromatic N) is 1. The van der Waals surface area contributed by atoms with Gasteiger partial charge in [-0.3, -0.25) is 9.59 Å². The number of rotatable bonds is 7. The number of sulfonamides is 1. The maximum Gasteiger partial charge on any atom is 0.268 e. The molecular formula is C22H23FN2O4S. The largest absolute Gasteiger partial charge is 0.352 e. The minimum absolute atomic E-state index is 0.0912. The van der Waals surface area contributed by atoms with Gasteiger partial charge in [-0.2, -0.15) is 0 Å². The minimum Gasteiger partial charge on any atom is -0.352 e. The van der Waals surface area contributed by atoms with Gasteiger partial charge in [0.2, 0.25) is 0 Å². The summed E-state index contributed by atoms with van der Waals surface area (Å²) in [7, 11) is -4.07. The number of carbonyl (C=O) groups excluding carboxylic acids is 2. The van der Waals surface area contributed by atoms with Crippen molar-refractivity contribution in [2.45, 2.75) is 33.2 Å². The van der Waals surface area contributed by atoms with Crippen molar-refractivity contribution in [3.05, 3.63) is 76.6 Å². The highest BCUT2D eigenvalue weighted by molar-refractivity contribution is 7.99. The summed E-state index contributed by atoms with van der Waals surface area (Å²) in [6.07, 6.45) is 1.87. The van der Waals surface area contributed by atoms with Crippen molar-refractivity contribution >= 4 is 26.7 Å². The van der Waals surface area contributed by atoms with Crippen LogP contribution in [-0.2, 0) is 21.4 Å². The lowest BCUT2D eigenvalue weighted by molar-refractivity contribution is -0.122. The summed E-state index contributed by atoms with van der Waals surface area (Å²) in [5.41, 5.74) is 1.40. The molecule has 0 saturated heterocycles. The van der Waals surface area contributed by atoms with Crippen LogP contribution in [0.4, 0.5) is 4.39 Å². The first kappa shape index (κ1) is 21.7. The van der Waals surface area contributed by atoms with Gasteiger partial charge in [0.05, 0.1) is 6.54 Å². The summed E-state index contributed by atoms with van der Waals surface area (Å²) in [5, 5.41) is 2.81. The average Bonchev–Trinajstić information content (AvgIpc) is 2.89. The third-order valence-corrected chi connectivity index (χ3v) is 6.83. The van der Waals surface area contributed by atoms with Gasteiger partial charge in [-0.05, 0) is 48.7 Å². The lowest BCUT2D eigenvalue weighted by Crippen LogP contribution is -2.31. The second-order valence-electron chi connectivity index (χ2n) is 7.08. The highest BCUT2D eigenvalue weighted by Crippen LogP contribution is 2.36. The van der Waals surface area contributed by atoms with E-state index < -0.39 is 21.7 Å². The van der Waals surface area contributed by atoms with Crippen LogP contribution in [-0.4, -0.2) is 31.1 Å². The van der Waals surface area contributed by atoms with Crippen molar-refractivity contribution in [2.24, 2.45) is 0 Å². The molecule has 0 spiro atoms. The van der Waals surface area contributed by atoms with E-state index in [0.717, 1.165) is 29.3 Å². The molecule has 0 radical (unpaired) electrons. The van der Waals surface area contributed by atoms with Gasteiger partial charge in [-0.15, -0.1) is 0 Å². The molecule has 1 aliphatic rings. The van der Waals surface area contributed by atoms with Gasteiger partial charge < -0.3 is 5.32 Å². The Labute approximate surface area is 175 Å². The molecular weight excluding hydrogens is 407 g/mol. The molecule has 30 heavy (non-hydrogen) atoms. The van der Waals surface area contributed by atoms with E-state index in [-0.39, 0.29) is 28.5 Å². The predicted octanol–water partition coefficient (Wildman–Crippen LogP) is 3.46. The highest BCUT2D eigenvalue weighted by Gasteiger charge is 2.42. The van der Waals surface area contributed by atoms with E-state index in [1.807, 2.05) is 6.92 Å². The van der Waals surface area contributed by atoms with Crippen molar-refractivity contribution in [3.63, 3.8) is 0 Å². The highest BCUT2D eigenvalue weighted by atomic mass is 32.2. The molecule has 158 valence electrons. The molecule has 0 aromatic heterocycles. The molecule has 1 aliphatic heterocycles. The fraction of sp³-hybridized carbons (Fsp3) is 0.273. The monoisotopic (exact) mass is 430 g/mol. The summed E-state index contributed by atoms with van der Waals surface area (Å²) in [6.45, 7) is 3.92. The smallest absolute Gasteiger partial charge is 0.268 e. The van der Waals surface area contributed by atoms with Crippen molar-refractivity contribution in [1.82, 2.24) is 9.62 Å². The van der Waals surface area contributed by atoms with Crippen LogP contribution in [0, 0.1) is 5.82 Å². The second-order valence-corrected chi connectivity index (χ2v) is 8.88. The molecule has 0 fully saturated rings. The SMILES string of the molecule is CCCCNC(=O)c1ccc(CN2C(=O)C(C)=C(c3ccc(F)cc3)S2(=O)=O)cc1. The third kappa shape index (κ3) is 4.28. The van der Waals surface area contributed by atoms with Crippen molar-refractivity contribution in [2.75, 3.05) is 6.54 Å². The number of hydrogen-bond donors (Lipinski definition) is 1. The van der Waals surface area contributed by atoms with Gasteiger partial charge in [0.25, 0.3) is 21.8 Å². The zero-order chi connectivity index (χ0) is 21.9. The first-order chi connectivity index (χ1) is 14.3. The molecule has 2 aromatic carbocycles. The lowest BCUT2D eigenvalue weighted by atomic mass is 10.1. The molecule has 8 heteroatoms. The second kappa shape index (κ2) is 8.79. The Morgan fingerprint density at radius 2 is 1.70 bits per heavy atom. The first-order valence-electron chi connectivity index (χ1n) is 9.66. The van der Waals surface area contributed by atoms with Crippen LogP contribution in [0.25, 0.3) is 4.91 Å². The number of unbranched alkanes of at least 4 members (excludes halogenated alkanes) is 1. The van der Waals surface area contributed by atoms with E-state index in [1.165, 1.54) is 19.1 Å². The summed E-state index contributed by atoms with van der Waals surface area (Å²) in [5.74, 6) is -1.30. The standard InChI is InChI=1S/C22H23FN2O4S/c1-3-4-13-24-21(26)18-7-5-16(6-8-18)14-25-22(27)15(2)20(30(25,28)29)17-9-11-19(23)12-10-17/h5-12H,3-4,13-14H2,1-2H3,(H,24,26). The molecule has 1 N–H and O–H groups in total. The number of amides is 2. The van der Waals surface area contributed by atoms with Gasteiger partial charge in [0.1, 0.15) is 10.7 Å². The van der Waals surface area contributed by atoms with Crippen LogP contribution in [0.3, 0.4) is 0 Å². The quantitative estimate of drug-likeness (QED) is 0.682. The molecule has 3 rings (SSSR count). The molecule has 0 saturated carbocycles. The van der Waals surface area contributed by atoms with Crippen molar-refractivity contribution in [1.29, 1.82) is 0 Å². The summed E-state index contributed by atoms with van der Waals surface area (Å²) in [6, 6.07) is 11.5. The van der Waals surface area contributed by atoms with E-state index in [1.54, 1.807) is 24.3 Å². The zero-order valence-electron chi connectivity index (χ0n) is 16.8. The summed E-state index contributed by atoms with van der Waals surface area (Å²) < 4.78 is 40.0. The third-order valence-electron chi connectivity index (χ3n) is 4.90. The summed E-state index contributed by atoms with van der Waals surface area (Å²) in [4.78, 5) is 24.6. The number of hydrogen-bond acceptors (Lipinski definition) is 4. The van der Waals surface area contributed by atoms with Crippen molar-refractivity contribution < 1.29 is 22.4 Å². The maximum atomic E-state index is 13.2. The van der Waals surface area contributed by atoms with Crippen LogP contribution in [0.15, 0.2) is 54.1 Å². The van der Waals surface area contributed by atoms with Crippen LogP contribution >= 0.6 is 0 Å². The Balaban J connectivity index is 1.78. The van der Waals surface area contributed by atoms with Crippen LogP contribution < -0.4 is 5.32 Å². The Morgan fingerprint density at radius 1 is 1.07 bits per heavy atom. The molecule has 2 aromatic rings. The van der Waals surface area contributed by atoms with Crippen LogP contribution in [0.1, 0.15) is 48.2 Å². The fourth-order valence-corrected chi connectivity index (χ4v) is 5.03. The Bertz CT molecular complexity index is 1090. The lowest BCUT2D eigenvalue weighted by Gasteiger charge is -2.17. The Hall–Kier alpha value is -3.00. The van der Waals surface area contributed by atoms with E-state index >= 15 is 0 Å². The molecule has 0 aliphatic carbocycles. The summed E-state index contributed by atoms with van der Waals surface area (Å²) >= 11 is 0. The first-order valence-corrected chi connectivity index (χ1v) is 11.1. The molecule has 0 bridgehead atoms. The number of carbonyl (C=O) groups is 2. The van der Waals surface area contributed by atoms with E-state index in [0.29, 0.717) is 17.7 Å². The van der Waals surface area contributed by atoms with Gasteiger partial charge in [-0.25, -0.2) is 17.1 Å². The average molecular weight is 431 g/mol. The molecule has 6 nitrogen and oxygen atoms in total. The van der Waals surface area contributed by atoms with E-state index in [4.69, 9.17) is 0 Å². The molecule has 1 heterocycles. The normalized spacial score (nSPS) is 15.6. The number of benzene rings is 2.